The molecule has 0 aliphatic carbocycles. The van der Waals surface area contributed by atoms with Crippen molar-refractivity contribution in [2.24, 2.45) is 0 Å². The van der Waals surface area contributed by atoms with Crippen LogP contribution in [0.25, 0.3) is 5.69 Å². The topological polar surface area (TPSA) is 56.7 Å². The largest absolute Gasteiger partial charge is 0.382 e. The SMILES string of the molecule is Cc1cc(-n2cc(C)c(N)n2)ccn1. The Morgan fingerprint density at radius 2 is 2.14 bits per heavy atom. The molecule has 0 saturated carbocycles. The number of nitrogens with two attached hydrogens (primary N) is 1. The number of hydrogen-bond acceptors (Lipinski definition) is 3. The minimum Gasteiger partial charge on any atom is -0.382 e. The van der Waals surface area contributed by atoms with Crippen LogP contribution in [0.3, 0.4) is 0 Å². The number of rotatable bonds is 1. The second kappa shape index (κ2) is 3.14. The molecule has 4 nitrogen and oxygen atoms in total. The van der Waals surface area contributed by atoms with Crippen LogP contribution in [0.2, 0.25) is 0 Å². The van der Waals surface area contributed by atoms with Crippen molar-refractivity contribution < 1.29 is 0 Å². The second-order valence-corrected chi connectivity index (χ2v) is 3.30. The maximum absolute atomic E-state index is 5.67. The van der Waals surface area contributed by atoms with Gasteiger partial charge in [-0.2, -0.15) is 5.10 Å². The molecule has 72 valence electrons. The zero-order chi connectivity index (χ0) is 10.1. The fraction of sp³-hybridized carbons (Fsp3) is 0.200. The third kappa shape index (κ3) is 1.46. The van der Waals surface area contributed by atoms with Crippen LogP contribution in [-0.2, 0) is 0 Å². The van der Waals surface area contributed by atoms with Gasteiger partial charge in [0.2, 0.25) is 0 Å². The van der Waals surface area contributed by atoms with E-state index >= 15 is 0 Å². The summed E-state index contributed by atoms with van der Waals surface area (Å²) in [7, 11) is 0. The molecule has 2 aromatic rings. The third-order valence-corrected chi connectivity index (χ3v) is 2.08. The van der Waals surface area contributed by atoms with Crippen LogP contribution in [0.4, 0.5) is 5.82 Å². The van der Waals surface area contributed by atoms with Gasteiger partial charge in [-0.05, 0) is 26.0 Å². The fourth-order valence-electron chi connectivity index (χ4n) is 1.28. The molecule has 4 heteroatoms. The van der Waals surface area contributed by atoms with E-state index in [0.717, 1.165) is 16.9 Å². The summed E-state index contributed by atoms with van der Waals surface area (Å²) in [5.41, 5.74) is 8.60. The number of nitrogens with zero attached hydrogens (tertiary/aromatic N) is 3. The van der Waals surface area contributed by atoms with E-state index < -0.39 is 0 Å². The van der Waals surface area contributed by atoms with Crippen molar-refractivity contribution in [1.82, 2.24) is 14.8 Å². The van der Waals surface area contributed by atoms with Gasteiger partial charge in [0, 0.05) is 23.7 Å². The normalized spacial score (nSPS) is 10.4. The van der Waals surface area contributed by atoms with Gasteiger partial charge in [-0.3, -0.25) is 4.98 Å². The van der Waals surface area contributed by atoms with E-state index in [4.69, 9.17) is 5.73 Å². The Morgan fingerprint density at radius 1 is 1.36 bits per heavy atom. The van der Waals surface area contributed by atoms with Gasteiger partial charge in [0.05, 0.1) is 5.69 Å². The van der Waals surface area contributed by atoms with Gasteiger partial charge in [0.25, 0.3) is 0 Å². The van der Waals surface area contributed by atoms with E-state index in [1.165, 1.54) is 0 Å². The summed E-state index contributed by atoms with van der Waals surface area (Å²) in [5.74, 6) is 0.569. The van der Waals surface area contributed by atoms with Gasteiger partial charge in [0.15, 0.2) is 0 Å². The molecule has 2 rings (SSSR count). The Labute approximate surface area is 82.4 Å². The quantitative estimate of drug-likeness (QED) is 0.737. The molecule has 2 heterocycles. The molecule has 0 fully saturated rings. The van der Waals surface area contributed by atoms with Gasteiger partial charge in [-0.15, -0.1) is 0 Å². The van der Waals surface area contributed by atoms with E-state index in [0.29, 0.717) is 5.82 Å². The highest BCUT2D eigenvalue weighted by Crippen LogP contribution is 2.12. The van der Waals surface area contributed by atoms with Crippen molar-refractivity contribution in [2.45, 2.75) is 13.8 Å². The smallest absolute Gasteiger partial charge is 0.148 e. The molecule has 0 amide bonds. The molecule has 0 unspecified atom stereocenters. The van der Waals surface area contributed by atoms with Crippen LogP contribution in [0.5, 0.6) is 0 Å². The first kappa shape index (κ1) is 8.74. The van der Waals surface area contributed by atoms with Crippen molar-refractivity contribution in [3.05, 3.63) is 35.8 Å². The molecular formula is C10H12N4. The Balaban J connectivity index is 2.49. The molecule has 0 radical (unpaired) electrons. The molecule has 0 atom stereocenters. The van der Waals surface area contributed by atoms with Crippen molar-refractivity contribution in [3.63, 3.8) is 0 Å². The summed E-state index contributed by atoms with van der Waals surface area (Å²) in [5, 5.41) is 4.19. The molecule has 0 bridgehead atoms. The first-order chi connectivity index (χ1) is 6.66. The second-order valence-electron chi connectivity index (χ2n) is 3.30. The summed E-state index contributed by atoms with van der Waals surface area (Å²) in [6.45, 7) is 3.89. The maximum Gasteiger partial charge on any atom is 0.148 e. The predicted molar refractivity (Wildman–Crippen MR) is 55.2 cm³/mol. The molecule has 0 aliphatic heterocycles. The van der Waals surface area contributed by atoms with E-state index in [9.17, 15) is 0 Å². The lowest BCUT2D eigenvalue weighted by molar-refractivity contribution is 0.879. The lowest BCUT2D eigenvalue weighted by Crippen LogP contribution is -1.97. The third-order valence-electron chi connectivity index (χ3n) is 2.08. The molecule has 2 aromatic heterocycles. The Hall–Kier alpha value is -1.84. The number of nitrogen functional groups attached to an aromatic ring is 1. The van der Waals surface area contributed by atoms with E-state index in [2.05, 4.69) is 10.1 Å². The fourth-order valence-corrected chi connectivity index (χ4v) is 1.28. The average molecular weight is 188 g/mol. The minimum absolute atomic E-state index is 0.569. The molecule has 2 N–H and O–H groups in total. The van der Waals surface area contributed by atoms with Crippen molar-refractivity contribution in [1.29, 1.82) is 0 Å². The van der Waals surface area contributed by atoms with Crippen LogP contribution < -0.4 is 5.73 Å². The molecule has 14 heavy (non-hydrogen) atoms. The van der Waals surface area contributed by atoms with E-state index in [1.54, 1.807) is 10.9 Å². The predicted octanol–water partition coefficient (Wildman–Crippen LogP) is 1.47. The van der Waals surface area contributed by atoms with Crippen LogP contribution in [0.1, 0.15) is 11.3 Å². The summed E-state index contributed by atoms with van der Waals surface area (Å²) in [4.78, 5) is 4.12. The van der Waals surface area contributed by atoms with E-state index in [-0.39, 0.29) is 0 Å². The standard InChI is InChI=1S/C10H12N4/c1-7-6-14(13-10(7)11)9-3-4-12-8(2)5-9/h3-6H,1-2H3,(H2,11,13). The van der Waals surface area contributed by atoms with Crippen LogP contribution in [0.15, 0.2) is 24.5 Å². The lowest BCUT2D eigenvalue weighted by Gasteiger charge is -2.00. The van der Waals surface area contributed by atoms with Crippen LogP contribution in [-0.4, -0.2) is 14.8 Å². The highest BCUT2D eigenvalue weighted by molar-refractivity contribution is 5.40. The number of aryl methyl sites for hydroxylation is 2. The molecule has 0 aromatic carbocycles. The Morgan fingerprint density at radius 3 is 2.71 bits per heavy atom. The molecule has 0 saturated heterocycles. The van der Waals surface area contributed by atoms with Gasteiger partial charge in [-0.1, -0.05) is 0 Å². The van der Waals surface area contributed by atoms with Crippen LogP contribution >= 0.6 is 0 Å². The zero-order valence-corrected chi connectivity index (χ0v) is 8.23. The average Bonchev–Trinajstić information content (AvgIpc) is 2.47. The van der Waals surface area contributed by atoms with Gasteiger partial charge in [0.1, 0.15) is 5.82 Å². The summed E-state index contributed by atoms with van der Waals surface area (Å²) in [6, 6.07) is 3.87. The highest BCUT2D eigenvalue weighted by Gasteiger charge is 2.02. The van der Waals surface area contributed by atoms with Crippen molar-refractivity contribution in [2.75, 3.05) is 5.73 Å². The lowest BCUT2D eigenvalue weighted by atomic mass is 10.3. The molecular weight excluding hydrogens is 176 g/mol. The van der Waals surface area contributed by atoms with Gasteiger partial charge in [-0.25, -0.2) is 4.68 Å². The van der Waals surface area contributed by atoms with Crippen LogP contribution in [0, 0.1) is 13.8 Å². The minimum atomic E-state index is 0.569. The van der Waals surface area contributed by atoms with E-state index in [1.807, 2.05) is 32.2 Å². The van der Waals surface area contributed by atoms with Gasteiger partial charge < -0.3 is 5.73 Å². The first-order valence-electron chi connectivity index (χ1n) is 4.41. The number of anilines is 1. The maximum atomic E-state index is 5.67. The van der Waals surface area contributed by atoms with Crippen molar-refractivity contribution >= 4 is 5.82 Å². The number of aromatic nitrogens is 3. The summed E-state index contributed by atoms with van der Waals surface area (Å²) < 4.78 is 1.76. The number of pyridine rings is 1. The monoisotopic (exact) mass is 188 g/mol. The highest BCUT2D eigenvalue weighted by atomic mass is 15.3. The zero-order valence-electron chi connectivity index (χ0n) is 8.23. The first-order valence-corrected chi connectivity index (χ1v) is 4.41. The van der Waals surface area contributed by atoms with Crippen molar-refractivity contribution in [3.8, 4) is 5.69 Å². The Bertz CT molecular complexity index is 439. The summed E-state index contributed by atoms with van der Waals surface area (Å²) in [6.07, 6.45) is 3.67. The molecule has 0 spiro atoms. The Kier molecular flexibility index (Phi) is 1.96. The summed E-state index contributed by atoms with van der Waals surface area (Å²) >= 11 is 0. The number of hydrogen-bond donors (Lipinski definition) is 1. The van der Waals surface area contributed by atoms with Gasteiger partial charge >= 0.3 is 0 Å². The molecule has 0 aliphatic rings.